The van der Waals surface area contributed by atoms with Crippen molar-refractivity contribution in [3.63, 3.8) is 0 Å². The Morgan fingerprint density at radius 3 is 2.53 bits per heavy atom. The molecule has 17 heavy (non-hydrogen) atoms. The van der Waals surface area contributed by atoms with Crippen molar-refractivity contribution < 1.29 is 4.74 Å². The predicted molar refractivity (Wildman–Crippen MR) is 68.9 cm³/mol. The van der Waals surface area contributed by atoms with E-state index in [2.05, 4.69) is 4.98 Å². The molecule has 0 aliphatic heterocycles. The van der Waals surface area contributed by atoms with E-state index in [0.717, 1.165) is 22.6 Å². The molecule has 0 saturated heterocycles. The van der Waals surface area contributed by atoms with Crippen molar-refractivity contribution >= 4 is 5.82 Å². The zero-order chi connectivity index (χ0) is 12.3. The number of anilines is 1. The zero-order valence-electron chi connectivity index (χ0n) is 10.1. The molecule has 0 aliphatic rings. The maximum absolute atomic E-state index is 5.79. The lowest BCUT2D eigenvalue weighted by molar-refractivity contribution is 0.300. The summed E-state index contributed by atoms with van der Waals surface area (Å²) in [5, 5.41) is 0. The fourth-order valence-electron chi connectivity index (χ4n) is 1.80. The lowest BCUT2D eigenvalue weighted by atomic mass is 10.2. The molecule has 2 rings (SSSR count). The minimum Gasteiger partial charge on any atom is -0.487 e. The van der Waals surface area contributed by atoms with E-state index < -0.39 is 0 Å². The first-order valence-electron chi connectivity index (χ1n) is 5.57. The van der Waals surface area contributed by atoms with Crippen molar-refractivity contribution in [1.29, 1.82) is 0 Å². The third-order valence-electron chi connectivity index (χ3n) is 2.57. The maximum atomic E-state index is 5.79. The highest BCUT2D eigenvalue weighted by Crippen LogP contribution is 2.23. The van der Waals surface area contributed by atoms with Gasteiger partial charge in [0.15, 0.2) is 0 Å². The third kappa shape index (κ3) is 2.75. The topological polar surface area (TPSA) is 48.1 Å². The van der Waals surface area contributed by atoms with Gasteiger partial charge >= 0.3 is 0 Å². The van der Waals surface area contributed by atoms with Crippen LogP contribution in [0.3, 0.4) is 0 Å². The van der Waals surface area contributed by atoms with Gasteiger partial charge in [0, 0.05) is 0 Å². The molecule has 0 atom stereocenters. The number of nitrogen functional groups attached to an aromatic ring is 1. The lowest BCUT2D eigenvalue weighted by Gasteiger charge is -2.12. The molecule has 0 fully saturated rings. The number of nitrogens with zero attached hydrogens (tertiary/aromatic N) is 1. The predicted octanol–water partition coefficient (Wildman–Crippen LogP) is 2.86. The van der Waals surface area contributed by atoms with Gasteiger partial charge < -0.3 is 10.5 Å². The summed E-state index contributed by atoms with van der Waals surface area (Å²) in [6.07, 6.45) is 0. The molecule has 0 unspecified atom stereocenters. The Bertz CT molecular complexity index is 486. The summed E-state index contributed by atoms with van der Waals surface area (Å²) in [7, 11) is 0. The first-order valence-corrected chi connectivity index (χ1v) is 5.57. The average Bonchev–Trinajstić information content (AvgIpc) is 2.29. The van der Waals surface area contributed by atoms with E-state index in [1.807, 2.05) is 50.2 Å². The quantitative estimate of drug-likeness (QED) is 0.878. The number of aryl methyl sites for hydroxylation is 2. The smallest absolute Gasteiger partial charge is 0.144 e. The first-order chi connectivity index (χ1) is 8.16. The molecule has 0 amide bonds. The van der Waals surface area contributed by atoms with Gasteiger partial charge in [-0.05, 0) is 31.0 Å². The standard InChI is InChI=1S/C14H16N2O/c1-10-8-13(15)16-11(2)14(10)17-9-12-6-4-3-5-7-12/h3-8H,9H2,1-2H3,(H2,15,16). The van der Waals surface area contributed by atoms with E-state index in [-0.39, 0.29) is 0 Å². The van der Waals surface area contributed by atoms with Crippen LogP contribution in [0.15, 0.2) is 36.4 Å². The molecule has 0 saturated carbocycles. The van der Waals surface area contributed by atoms with Crippen LogP contribution in [-0.4, -0.2) is 4.98 Å². The fourth-order valence-corrected chi connectivity index (χ4v) is 1.80. The molecule has 3 nitrogen and oxygen atoms in total. The molecule has 2 aromatic rings. The Kier molecular flexibility index (Phi) is 3.28. The van der Waals surface area contributed by atoms with Crippen molar-refractivity contribution in [1.82, 2.24) is 4.98 Å². The molecule has 0 bridgehead atoms. The van der Waals surface area contributed by atoms with E-state index in [1.165, 1.54) is 0 Å². The van der Waals surface area contributed by atoms with Gasteiger partial charge in [-0.1, -0.05) is 30.3 Å². The van der Waals surface area contributed by atoms with Gasteiger partial charge in [-0.3, -0.25) is 0 Å². The van der Waals surface area contributed by atoms with Gasteiger partial charge in [-0.15, -0.1) is 0 Å². The molecule has 2 N–H and O–H groups in total. The summed E-state index contributed by atoms with van der Waals surface area (Å²) < 4.78 is 5.79. The van der Waals surface area contributed by atoms with Crippen molar-refractivity contribution in [3.05, 3.63) is 53.2 Å². The number of aromatic nitrogens is 1. The molecule has 0 spiro atoms. The highest BCUT2D eigenvalue weighted by molar-refractivity contribution is 5.44. The number of hydrogen-bond donors (Lipinski definition) is 1. The second kappa shape index (κ2) is 4.87. The Hall–Kier alpha value is -2.03. The molecule has 0 radical (unpaired) electrons. The van der Waals surface area contributed by atoms with Crippen molar-refractivity contribution in [3.8, 4) is 5.75 Å². The van der Waals surface area contributed by atoms with Crippen LogP contribution in [0.1, 0.15) is 16.8 Å². The lowest BCUT2D eigenvalue weighted by Crippen LogP contribution is -2.02. The van der Waals surface area contributed by atoms with Crippen molar-refractivity contribution in [2.24, 2.45) is 0 Å². The molecule has 88 valence electrons. The van der Waals surface area contributed by atoms with E-state index in [9.17, 15) is 0 Å². The van der Waals surface area contributed by atoms with Crippen molar-refractivity contribution in [2.75, 3.05) is 5.73 Å². The van der Waals surface area contributed by atoms with Crippen LogP contribution in [0.2, 0.25) is 0 Å². The number of rotatable bonds is 3. The molecule has 1 aromatic heterocycles. The second-order valence-electron chi connectivity index (χ2n) is 4.05. The summed E-state index contributed by atoms with van der Waals surface area (Å²) in [6, 6.07) is 11.9. The van der Waals surface area contributed by atoms with E-state index >= 15 is 0 Å². The van der Waals surface area contributed by atoms with Crippen LogP contribution < -0.4 is 10.5 Å². The normalized spacial score (nSPS) is 10.2. The Morgan fingerprint density at radius 1 is 1.18 bits per heavy atom. The number of benzene rings is 1. The molecule has 3 heteroatoms. The van der Waals surface area contributed by atoms with Gasteiger partial charge in [-0.25, -0.2) is 4.98 Å². The number of pyridine rings is 1. The van der Waals surface area contributed by atoms with Crippen LogP contribution in [0.25, 0.3) is 0 Å². The Balaban J connectivity index is 2.15. The van der Waals surface area contributed by atoms with E-state index in [4.69, 9.17) is 10.5 Å². The summed E-state index contributed by atoms with van der Waals surface area (Å²) in [4.78, 5) is 4.20. The Labute approximate surface area is 101 Å². The minimum atomic E-state index is 0.534. The zero-order valence-corrected chi connectivity index (χ0v) is 10.1. The summed E-state index contributed by atoms with van der Waals surface area (Å²) >= 11 is 0. The first kappa shape index (κ1) is 11.5. The van der Waals surface area contributed by atoms with Crippen LogP contribution in [0, 0.1) is 13.8 Å². The number of hydrogen-bond acceptors (Lipinski definition) is 3. The average molecular weight is 228 g/mol. The number of nitrogens with two attached hydrogens (primary N) is 1. The molecule has 0 aliphatic carbocycles. The van der Waals surface area contributed by atoms with Crippen molar-refractivity contribution in [2.45, 2.75) is 20.5 Å². The monoisotopic (exact) mass is 228 g/mol. The highest BCUT2D eigenvalue weighted by atomic mass is 16.5. The van der Waals surface area contributed by atoms with E-state index in [1.54, 1.807) is 0 Å². The summed E-state index contributed by atoms with van der Waals surface area (Å²) in [5.41, 5.74) is 8.66. The van der Waals surface area contributed by atoms with Crippen LogP contribution in [-0.2, 0) is 6.61 Å². The van der Waals surface area contributed by atoms with Crippen LogP contribution in [0.5, 0.6) is 5.75 Å². The Morgan fingerprint density at radius 2 is 1.88 bits per heavy atom. The second-order valence-corrected chi connectivity index (χ2v) is 4.05. The van der Waals surface area contributed by atoms with Gasteiger partial charge in [-0.2, -0.15) is 0 Å². The highest BCUT2D eigenvalue weighted by Gasteiger charge is 2.06. The van der Waals surface area contributed by atoms with Crippen LogP contribution >= 0.6 is 0 Å². The van der Waals surface area contributed by atoms with E-state index in [0.29, 0.717) is 12.4 Å². The van der Waals surface area contributed by atoms with Crippen LogP contribution in [0.4, 0.5) is 5.82 Å². The molecule has 1 aromatic carbocycles. The third-order valence-corrected chi connectivity index (χ3v) is 2.57. The fraction of sp³-hybridized carbons (Fsp3) is 0.214. The summed E-state index contributed by atoms with van der Waals surface area (Å²) in [5.74, 6) is 1.36. The SMILES string of the molecule is Cc1cc(N)nc(C)c1OCc1ccccc1. The maximum Gasteiger partial charge on any atom is 0.144 e. The molecular weight excluding hydrogens is 212 g/mol. The summed E-state index contributed by atoms with van der Waals surface area (Å²) in [6.45, 7) is 4.43. The number of ether oxygens (including phenoxy) is 1. The van der Waals surface area contributed by atoms with Gasteiger partial charge in [0.2, 0.25) is 0 Å². The van der Waals surface area contributed by atoms with Gasteiger partial charge in [0.05, 0.1) is 5.69 Å². The largest absolute Gasteiger partial charge is 0.487 e. The minimum absolute atomic E-state index is 0.534. The molecule has 1 heterocycles. The van der Waals surface area contributed by atoms with Gasteiger partial charge in [0.25, 0.3) is 0 Å². The molecular formula is C14H16N2O. The van der Waals surface area contributed by atoms with Gasteiger partial charge in [0.1, 0.15) is 18.2 Å².